The maximum Gasteiger partial charge on any atom is 0.513 e. The number of carbonyl (C=O) groups excluding carboxylic acids is 2. The van der Waals surface area contributed by atoms with E-state index >= 15 is 0 Å². The van der Waals surface area contributed by atoms with Crippen molar-refractivity contribution in [3.63, 3.8) is 0 Å². The molecule has 0 aromatic heterocycles. The highest BCUT2D eigenvalue weighted by molar-refractivity contribution is 5.66. The minimum atomic E-state index is -1.12. The van der Waals surface area contributed by atoms with Gasteiger partial charge >= 0.3 is 12.3 Å². The van der Waals surface area contributed by atoms with Gasteiger partial charge in [-0.3, -0.25) is 10.1 Å². The van der Waals surface area contributed by atoms with Crippen molar-refractivity contribution in [3.8, 4) is 6.07 Å². The fourth-order valence-corrected chi connectivity index (χ4v) is 3.06. The lowest BCUT2D eigenvalue weighted by Crippen LogP contribution is -2.29. The van der Waals surface area contributed by atoms with E-state index in [9.17, 15) is 19.7 Å². The van der Waals surface area contributed by atoms with Gasteiger partial charge in [0, 0.05) is 11.6 Å². The Labute approximate surface area is 190 Å². The molecule has 0 spiro atoms. The number of benzene rings is 1. The van der Waals surface area contributed by atoms with Crippen LogP contribution in [0.15, 0.2) is 47.2 Å². The van der Waals surface area contributed by atoms with Crippen LogP contribution in [0.5, 0.6) is 0 Å². The Morgan fingerprint density at radius 2 is 1.70 bits per heavy atom. The minimum absolute atomic E-state index is 0.0246. The Bertz CT molecular complexity index is 1020. The summed E-state index contributed by atoms with van der Waals surface area (Å²) in [6.07, 6.45) is -2.14. The molecule has 1 atom stereocenters. The maximum absolute atomic E-state index is 12.3. The third kappa shape index (κ3) is 6.70. The quantitative estimate of drug-likeness (QED) is 0.252. The van der Waals surface area contributed by atoms with Gasteiger partial charge in [-0.1, -0.05) is 32.0 Å². The van der Waals surface area contributed by atoms with Crippen LogP contribution < -0.4 is 5.32 Å². The van der Waals surface area contributed by atoms with E-state index in [1.807, 2.05) is 19.9 Å². The first-order valence-corrected chi connectivity index (χ1v) is 10.1. The molecule has 0 amide bonds. The molecule has 1 N–H and O–H groups in total. The summed E-state index contributed by atoms with van der Waals surface area (Å²) in [4.78, 5) is 35.7. The van der Waals surface area contributed by atoms with Crippen LogP contribution in [0, 0.1) is 27.4 Å². The molecule has 0 radical (unpaired) electrons. The second-order valence-corrected chi connectivity index (χ2v) is 7.52. The van der Waals surface area contributed by atoms with Crippen molar-refractivity contribution < 1.29 is 33.5 Å². The van der Waals surface area contributed by atoms with Crippen molar-refractivity contribution in [2.75, 3.05) is 13.2 Å². The molecule has 176 valence electrons. The molecule has 0 bridgehead atoms. The number of hydrogen-bond acceptors (Lipinski definition) is 10. The molecule has 2 rings (SSSR count). The Hall–Kier alpha value is -4.07. The molecule has 0 fully saturated rings. The molecular weight excluding hydrogens is 434 g/mol. The van der Waals surface area contributed by atoms with Crippen LogP contribution in [0.4, 0.5) is 15.3 Å². The number of allylic oxidation sites excluding steroid dienone is 2. The molecule has 1 heterocycles. The highest BCUT2D eigenvalue weighted by Crippen LogP contribution is 2.42. The van der Waals surface area contributed by atoms with E-state index < -0.39 is 23.2 Å². The van der Waals surface area contributed by atoms with E-state index in [0.717, 1.165) is 0 Å². The van der Waals surface area contributed by atoms with Gasteiger partial charge < -0.3 is 24.3 Å². The van der Waals surface area contributed by atoms with Crippen molar-refractivity contribution in [2.45, 2.75) is 40.0 Å². The Morgan fingerprint density at radius 3 is 2.24 bits per heavy atom. The Kier molecular flexibility index (Phi) is 8.80. The highest BCUT2D eigenvalue weighted by atomic mass is 16.7. The second-order valence-electron chi connectivity index (χ2n) is 7.52. The normalized spacial score (nSPS) is 15.5. The average molecular weight is 459 g/mol. The molecule has 1 unspecified atom stereocenters. The monoisotopic (exact) mass is 459 g/mol. The van der Waals surface area contributed by atoms with E-state index in [2.05, 4.69) is 5.32 Å². The van der Waals surface area contributed by atoms with E-state index in [0.29, 0.717) is 11.4 Å². The summed E-state index contributed by atoms with van der Waals surface area (Å²) in [6, 6.07) is 7.66. The first-order valence-electron chi connectivity index (χ1n) is 10.1. The zero-order valence-corrected chi connectivity index (χ0v) is 18.7. The van der Waals surface area contributed by atoms with Gasteiger partial charge in [-0.05, 0) is 19.8 Å². The summed E-state index contributed by atoms with van der Waals surface area (Å²) in [5.41, 5.74) is 0.605. The largest absolute Gasteiger partial charge is 0.513 e. The Morgan fingerprint density at radius 1 is 1.12 bits per heavy atom. The van der Waals surface area contributed by atoms with E-state index in [1.165, 1.54) is 18.2 Å². The van der Waals surface area contributed by atoms with Crippen molar-refractivity contribution in [2.24, 2.45) is 5.92 Å². The molecule has 33 heavy (non-hydrogen) atoms. The number of ether oxygens (including phenoxy) is 4. The van der Waals surface area contributed by atoms with Crippen molar-refractivity contribution in [3.05, 3.63) is 62.9 Å². The first-order chi connectivity index (χ1) is 15.6. The lowest BCUT2D eigenvalue weighted by Gasteiger charge is -2.30. The van der Waals surface area contributed by atoms with Gasteiger partial charge in [-0.15, -0.1) is 0 Å². The van der Waals surface area contributed by atoms with Crippen molar-refractivity contribution in [1.82, 2.24) is 5.32 Å². The van der Waals surface area contributed by atoms with Crippen LogP contribution in [0.3, 0.4) is 0 Å². The van der Waals surface area contributed by atoms with Gasteiger partial charge in [0.25, 0.3) is 5.69 Å². The number of nitrogens with one attached hydrogen (secondary N) is 1. The number of nitro groups is 1. The summed E-state index contributed by atoms with van der Waals surface area (Å²) >= 11 is 0. The fourth-order valence-electron chi connectivity index (χ4n) is 3.06. The molecule has 1 aromatic carbocycles. The number of dihydropyridines is 1. The molecule has 0 saturated heterocycles. The molecule has 11 heteroatoms. The Balaban J connectivity index is 2.49. The van der Waals surface area contributed by atoms with E-state index in [-0.39, 0.29) is 48.3 Å². The number of hydrogen-bond donors (Lipinski definition) is 1. The lowest BCUT2D eigenvalue weighted by molar-refractivity contribution is -0.385. The van der Waals surface area contributed by atoms with Crippen molar-refractivity contribution in [1.29, 1.82) is 5.26 Å². The lowest BCUT2D eigenvalue weighted by atomic mass is 9.89. The van der Waals surface area contributed by atoms with Crippen LogP contribution in [-0.2, 0) is 18.9 Å². The predicted octanol–water partition coefficient (Wildman–Crippen LogP) is 4.62. The van der Waals surface area contributed by atoms with Gasteiger partial charge in [0.15, 0.2) is 0 Å². The SMILES string of the molecule is CC1=C(OC(=O)OCCC#N)C(c2ccccc2[N+](=O)[O-])C(OC(=O)OCC(C)C)=C(C)N1. The zero-order valence-electron chi connectivity index (χ0n) is 18.7. The van der Waals surface area contributed by atoms with Crippen LogP contribution >= 0.6 is 0 Å². The number of nitro benzene ring substituents is 1. The molecule has 1 aliphatic rings. The highest BCUT2D eigenvalue weighted by Gasteiger charge is 2.39. The summed E-state index contributed by atoms with van der Waals surface area (Å²) in [5.74, 6) is -1.14. The molecule has 0 saturated carbocycles. The molecule has 11 nitrogen and oxygen atoms in total. The number of para-hydroxylation sites is 1. The fraction of sp³-hybridized carbons (Fsp3) is 0.409. The van der Waals surface area contributed by atoms with Crippen LogP contribution in [0.1, 0.15) is 45.6 Å². The van der Waals surface area contributed by atoms with Gasteiger partial charge in [0.1, 0.15) is 24.0 Å². The third-order valence-electron chi connectivity index (χ3n) is 4.44. The molecular formula is C22H25N3O8. The average Bonchev–Trinajstić information content (AvgIpc) is 2.75. The van der Waals surface area contributed by atoms with Gasteiger partial charge in [0.2, 0.25) is 0 Å². The smallest absolute Gasteiger partial charge is 0.434 e. The van der Waals surface area contributed by atoms with Crippen LogP contribution in [0.2, 0.25) is 0 Å². The number of nitrogens with zero attached hydrogens (tertiary/aromatic N) is 2. The van der Waals surface area contributed by atoms with E-state index in [1.54, 1.807) is 19.9 Å². The molecule has 1 aromatic rings. The maximum atomic E-state index is 12.3. The van der Waals surface area contributed by atoms with E-state index in [4.69, 9.17) is 24.2 Å². The van der Waals surface area contributed by atoms with Gasteiger partial charge in [0.05, 0.1) is 35.4 Å². The molecule has 0 aliphatic carbocycles. The van der Waals surface area contributed by atoms with Crippen LogP contribution in [0.25, 0.3) is 0 Å². The van der Waals surface area contributed by atoms with Crippen LogP contribution in [-0.4, -0.2) is 30.4 Å². The number of rotatable bonds is 8. The third-order valence-corrected chi connectivity index (χ3v) is 4.44. The zero-order chi connectivity index (χ0) is 24.5. The van der Waals surface area contributed by atoms with Gasteiger partial charge in [-0.2, -0.15) is 5.26 Å². The summed E-state index contributed by atoms with van der Waals surface area (Å²) in [7, 11) is 0. The topological polar surface area (TPSA) is 150 Å². The van der Waals surface area contributed by atoms with Crippen molar-refractivity contribution >= 4 is 18.0 Å². The number of nitriles is 1. The molecule has 1 aliphatic heterocycles. The minimum Gasteiger partial charge on any atom is -0.434 e. The standard InChI is InChI=1S/C22H25N3O8/c1-13(2)12-31-22(27)33-20-15(4)24-14(3)19(32-21(26)30-11-7-10-23)18(20)16-8-5-6-9-17(16)25(28)29/h5-6,8-9,13,18,24H,7,11-12H2,1-4H3. The van der Waals surface area contributed by atoms with Gasteiger partial charge in [-0.25, -0.2) is 9.59 Å². The summed E-state index contributed by atoms with van der Waals surface area (Å²) in [5, 5.41) is 23.3. The summed E-state index contributed by atoms with van der Waals surface area (Å²) in [6.45, 7) is 6.83. The first kappa shape index (κ1) is 25.2. The number of carbonyl (C=O) groups is 2. The summed E-state index contributed by atoms with van der Waals surface area (Å²) < 4.78 is 20.8. The predicted molar refractivity (Wildman–Crippen MR) is 114 cm³/mol. The second kappa shape index (κ2) is 11.5.